The van der Waals surface area contributed by atoms with Gasteiger partial charge in [-0.05, 0) is 58.7 Å². The molecule has 4 nitrogen and oxygen atoms in total. The molecule has 0 aliphatic carbocycles. The maximum absolute atomic E-state index is 12.4. The topological polar surface area (TPSA) is 72.2 Å². The standard InChI is InChI=1S/C13H12BrClN2O2S/c1-8-2-4-10(16)7-13(8)20(18,19)17-12-5-3-9(15)6-11(12)14/h2-7,17H,16H2,1H3. The first kappa shape index (κ1) is 15.2. The van der Waals surface area contributed by atoms with E-state index in [1.165, 1.54) is 6.07 Å². The quantitative estimate of drug-likeness (QED) is 0.802. The Morgan fingerprint density at radius 2 is 1.90 bits per heavy atom. The highest BCUT2D eigenvalue weighted by Crippen LogP contribution is 2.29. The molecule has 0 aliphatic heterocycles. The number of benzene rings is 2. The van der Waals surface area contributed by atoms with Crippen molar-refractivity contribution in [3.05, 3.63) is 51.5 Å². The smallest absolute Gasteiger partial charge is 0.262 e. The van der Waals surface area contributed by atoms with Gasteiger partial charge in [-0.1, -0.05) is 17.7 Å². The molecule has 0 fully saturated rings. The first-order chi connectivity index (χ1) is 9.29. The molecule has 2 rings (SSSR count). The highest BCUT2D eigenvalue weighted by Gasteiger charge is 2.18. The fraction of sp³-hybridized carbons (Fsp3) is 0.0769. The van der Waals surface area contributed by atoms with Crippen molar-refractivity contribution in [2.45, 2.75) is 11.8 Å². The third kappa shape index (κ3) is 3.26. The van der Waals surface area contributed by atoms with E-state index >= 15 is 0 Å². The van der Waals surface area contributed by atoms with Crippen LogP contribution in [0.2, 0.25) is 5.02 Å². The van der Waals surface area contributed by atoms with Gasteiger partial charge in [-0.25, -0.2) is 8.42 Å². The van der Waals surface area contributed by atoms with Crippen molar-refractivity contribution in [3.8, 4) is 0 Å². The van der Waals surface area contributed by atoms with Gasteiger partial charge in [0.15, 0.2) is 0 Å². The summed E-state index contributed by atoms with van der Waals surface area (Å²) in [7, 11) is -3.70. The van der Waals surface area contributed by atoms with Crippen molar-refractivity contribution in [2.75, 3.05) is 10.5 Å². The van der Waals surface area contributed by atoms with Crippen LogP contribution in [0.5, 0.6) is 0 Å². The summed E-state index contributed by atoms with van der Waals surface area (Å²) in [6.45, 7) is 1.71. The molecule has 2 aromatic rings. The zero-order valence-electron chi connectivity index (χ0n) is 10.5. The van der Waals surface area contributed by atoms with Crippen molar-refractivity contribution in [3.63, 3.8) is 0 Å². The predicted octanol–water partition coefficient (Wildman–Crippen LogP) is 3.79. The second-order valence-electron chi connectivity index (χ2n) is 4.25. The van der Waals surface area contributed by atoms with Gasteiger partial charge in [0.1, 0.15) is 0 Å². The van der Waals surface area contributed by atoms with Gasteiger partial charge in [0.05, 0.1) is 10.6 Å². The number of anilines is 2. The van der Waals surface area contributed by atoms with Crippen LogP contribution in [-0.2, 0) is 10.0 Å². The van der Waals surface area contributed by atoms with Crippen molar-refractivity contribution >= 4 is 48.9 Å². The van der Waals surface area contributed by atoms with Crippen LogP contribution in [0.15, 0.2) is 45.8 Å². The zero-order chi connectivity index (χ0) is 14.9. The van der Waals surface area contributed by atoms with Crippen LogP contribution in [0.3, 0.4) is 0 Å². The van der Waals surface area contributed by atoms with Crippen LogP contribution in [0.4, 0.5) is 11.4 Å². The number of hydrogen-bond acceptors (Lipinski definition) is 3. The minimum Gasteiger partial charge on any atom is -0.399 e. The van der Waals surface area contributed by atoms with Gasteiger partial charge >= 0.3 is 0 Å². The van der Waals surface area contributed by atoms with E-state index in [1.54, 1.807) is 37.3 Å². The lowest BCUT2D eigenvalue weighted by atomic mass is 10.2. The van der Waals surface area contributed by atoms with Crippen molar-refractivity contribution < 1.29 is 8.42 Å². The van der Waals surface area contributed by atoms with E-state index in [1.807, 2.05) is 0 Å². The largest absolute Gasteiger partial charge is 0.399 e. The molecule has 2 aromatic carbocycles. The Kier molecular flexibility index (Phi) is 4.27. The van der Waals surface area contributed by atoms with Gasteiger partial charge in [-0.15, -0.1) is 0 Å². The predicted molar refractivity (Wildman–Crippen MR) is 85.6 cm³/mol. The molecule has 0 atom stereocenters. The van der Waals surface area contributed by atoms with Gasteiger partial charge in [0.2, 0.25) is 0 Å². The Hall–Kier alpha value is -1.24. The highest BCUT2D eigenvalue weighted by molar-refractivity contribution is 9.10. The van der Waals surface area contributed by atoms with Crippen LogP contribution in [0.1, 0.15) is 5.56 Å². The second kappa shape index (κ2) is 5.63. The molecule has 0 saturated carbocycles. The Morgan fingerprint density at radius 3 is 2.55 bits per heavy atom. The lowest BCUT2D eigenvalue weighted by Crippen LogP contribution is -2.15. The Balaban J connectivity index is 2.43. The van der Waals surface area contributed by atoms with E-state index in [0.717, 1.165) is 0 Å². The average molecular weight is 376 g/mol. The van der Waals surface area contributed by atoms with Crippen LogP contribution < -0.4 is 10.5 Å². The number of nitrogens with two attached hydrogens (primary N) is 1. The Labute approximate surface area is 131 Å². The summed E-state index contributed by atoms with van der Waals surface area (Å²) in [5, 5.41) is 0.514. The Morgan fingerprint density at radius 1 is 1.20 bits per heavy atom. The average Bonchev–Trinajstić information content (AvgIpc) is 2.35. The Bertz CT molecular complexity index is 763. The maximum atomic E-state index is 12.4. The van der Waals surface area contributed by atoms with Crippen LogP contribution in [-0.4, -0.2) is 8.42 Å². The molecular weight excluding hydrogens is 364 g/mol. The normalized spacial score (nSPS) is 11.3. The van der Waals surface area contributed by atoms with Gasteiger partial charge < -0.3 is 5.73 Å². The van der Waals surface area contributed by atoms with Gasteiger partial charge in [0.25, 0.3) is 10.0 Å². The molecule has 0 unspecified atom stereocenters. The molecule has 106 valence electrons. The molecule has 0 radical (unpaired) electrons. The lowest BCUT2D eigenvalue weighted by molar-refractivity contribution is 0.600. The molecule has 7 heteroatoms. The van der Waals surface area contributed by atoms with E-state index in [0.29, 0.717) is 26.4 Å². The van der Waals surface area contributed by atoms with Crippen molar-refractivity contribution in [1.82, 2.24) is 0 Å². The third-order valence-electron chi connectivity index (χ3n) is 2.68. The first-order valence-corrected chi connectivity index (χ1v) is 8.29. The number of hydrogen-bond donors (Lipinski definition) is 2. The minimum absolute atomic E-state index is 0.152. The van der Waals surface area contributed by atoms with Crippen LogP contribution in [0, 0.1) is 6.92 Å². The first-order valence-electron chi connectivity index (χ1n) is 5.63. The number of halogens is 2. The molecule has 0 saturated heterocycles. The number of nitrogen functional groups attached to an aromatic ring is 1. The maximum Gasteiger partial charge on any atom is 0.262 e. The summed E-state index contributed by atoms with van der Waals surface area (Å²) < 4.78 is 27.9. The van der Waals surface area contributed by atoms with Crippen LogP contribution >= 0.6 is 27.5 Å². The summed E-state index contributed by atoms with van der Waals surface area (Å²) >= 11 is 9.10. The van der Waals surface area contributed by atoms with Gasteiger partial charge in [-0.3, -0.25) is 4.72 Å². The summed E-state index contributed by atoms with van der Waals surface area (Å²) in [5.74, 6) is 0. The highest BCUT2D eigenvalue weighted by atomic mass is 79.9. The second-order valence-corrected chi connectivity index (χ2v) is 7.20. The number of nitrogens with one attached hydrogen (secondary N) is 1. The molecule has 0 spiro atoms. The fourth-order valence-electron chi connectivity index (χ4n) is 1.68. The van der Waals surface area contributed by atoms with Gasteiger partial charge in [-0.2, -0.15) is 0 Å². The molecule has 0 heterocycles. The summed E-state index contributed by atoms with van der Waals surface area (Å²) in [5.41, 5.74) is 7.08. The summed E-state index contributed by atoms with van der Waals surface area (Å²) in [4.78, 5) is 0.152. The minimum atomic E-state index is -3.70. The molecule has 3 N–H and O–H groups in total. The molecule has 0 aliphatic rings. The van der Waals surface area contributed by atoms with Gasteiger partial charge in [0, 0.05) is 15.2 Å². The fourth-order valence-corrected chi connectivity index (χ4v) is 3.95. The summed E-state index contributed by atoms with van der Waals surface area (Å²) in [6.07, 6.45) is 0. The number of sulfonamides is 1. The van der Waals surface area contributed by atoms with E-state index < -0.39 is 10.0 Å². The third-order valence-corrected chi connectivity index (χ3v) is 5.08. The lowest BCUT2D eigenvalue weighted by Gasteiger charge is -2.12. The van der Waals surface area contributed by atoms with Crippen molar-refractivity contribution in [2.24, 2.45) is 0 Å². The monoisotopic (exact) mass is 374 g/mol. The van der Waals surface area contributed by atoms with E-state index in [2.05, 4.69) is 20.7 Å². The molecular formula is C13H12BrClN2O2S. The van der Waals surface area contributed by atoms with E-state index in [9.17, 15) is 8.42 Å². The zero-order valence-corrected chi connectivity index (χ0v) is 13.7. The molecule has 0 bridgehead atoms. The molecule has 20 heavy (non-hydrogen) atoms. The van der Waals surface area contributed by atoms with E-state index in [4.69, 9.17) is 17.3 Å². The summed E-state index contributed by atoms with van der Waals surface area (Å²) in [6, 6.07) is 9.57. The molecule has 0 amide bonds. The molecule has 0 aromatic heterocycles. The van der Waals surface area contributed by atoms with Crippen LogP contribution in [0.25, 0.3) is 0 Å². The SMILES string of the molecule is Cc1ccc(N)cc1S(=O)(=O)Nc1ccc(Cl)cc1Br. The van der Waals surface area contributed by atoms with E-state index in [-0.39, 0.29) is 4.90 Å². The van der Waals surface area contributed by atoms with Crippen molar-refractivity contribution in [1.29, 1.82) is 0 Å². The number of aryl methyl sites for hydroxylation is 1. The number of rotatable bonds is 3.